The standard InChI is InChI=1S/C15H21NO2.C2H4/c1-16(11-12-17)15(9-7-14(18)8-10-15)13-5-3-2-4-6-13;1-2/h2-6,17H,7-12H2,1H3;1-2H2. The Bertz CT molecular complexity index is 406. The summed E-state index contributed by atoms with van der Waals surface area (Å²) in [5.74, 6) is 0.360. The number of likely N-dealkylation sites (N-methyl/N-ethyl adjacent to an activating group) is 1. The molecule has 1 aliphatic carbocycles. The minimum absolute atomic E-state index is 0.0854. The average Bonchev–Trinajstić information content (AvgIpc) is 2.51. The van der Waals surface area contributed by atoms with Crippen LogP contribution < -0.4 is 0 Å². The molecule has 0 heterocycles. The molecule has 0 unspecified atom stereocenters. The van der Waals surface area contributed by atoms with E-state index >= 15 is 0 Å². The Kier molecular flexibility index (Phi) is 6.62. The van der Waals surface area contributed by atoms with Crippen molar-refractivity contribution in [2.24, 2.45) is 0 Å². The number of ketones is 1. The number of carbonyl (C=O) groups excluding carboxylic acids is 1. The van der Waals surface area contributed by atoms with Crippen LogP contribution in [0.1, 0.15) is 31.2 Å². The van der Waals surface area contributed by atoms with Gasteiger partial charge in [0.05, 0.1) is 6.61 Å². The summed E-state index contributed by atoms with van der Waals surface area (Å²) in [6.07, 6.45) is 2.99. The van der Waals surface area contributed by atoms with Crippen molar-refractivity contribution in [1.82, 2.24) is 4.90 Å². The Hall–Kier alpha value is -1.45. The number of carbonyl (C=O) groups is 1. The number of hydrogen-bond donors (Lipinski definition) is 1. The molecular formula is C17H25NO2. The molecule has 0 saturated heterocycles. The summed E-state index contributed by atoms with van der Waals surface area (Å²) in [7, 11) is 2.04. The first-order chi connectivity index (χ1) is 9.69. The first-order valence-corrected chi connectivity index (χ1v) is 7.08. The third-order valence-electron chi connectivity index (χ3n) is 4.11. The van der Waals surface area contributed by atoms with Crippen molar-refractivity contribution in [3.8, 4) is 0 Å². The van der Waals surface area contributed by atoms with Crippen LogP contribution in [0.2, 0.25) is 0 Å². The van der Waals surface area contributed by atoms with Crippen molar-refractivity contribution < 1.29 is 9.90 Å². The summed E-state index contributed by atoms with van der Waals surface area (Å²) in [5.41, 5.74) is 1.17. The zero-order chi connectivity index (χ0) is 15.0. The number of Topliss-reactive ketones (excluding diaryl/α,β-unsaturated/α-hetero) is 1. The highest BCUT2D eigenvalue weighted by Gasteiger charge is 2.39. The molecular weight excluding hydrogens is 250 g/mol. The van der Waals surface area contributed by atoms with Crippen molar-refractivity contribution in [3.05, 3.63) is 49.1 Å². The molecule has 20 heavy (non-hydrogen) atoms. The van der Waals surface area contributed by atoms with Crippen LogP contribution in [0.3, 0.4) is 0 Å². The van der Waals surface area contributed by atoms with E-state index in [9.17, 15) is 9.90 Å². The largest absolute Gasteiger partial charge is 0.395 e. The number of rotatable bonds is 4. The lowest BCUT2D eigenvalue weighted by Crippen LogP contribution is -2.47. The van der Waals surface area contributed by atoms with Crippen LogP contribution in [-0.2, 0) is 10.3 Å². The average molecular weight is 275 g/mol. The molecule has 3 heteroatoms. The van der Waals surface area contributed by atoms with Gasteiger partial charge in [0.15, 0.2) is 0 Å². The smallest absolute Gasteiger partial charge is 0.133 e. The van der Waals surface area contributed by atoms with E-state index in [1.807, 2.05) is 25.2 Å². The zero-order valence-electron chi connectivity index (χ0n) is 12.3. The molecule has 0 spiro atoms. The third kappa shape index (κ3) is 3.56. The van der Waals surface area contributed by atoms with Gasteiger partial charge in [-0.3, -0.25) is 9.69 Å². The lowest BCUT2D eigenvalue weighted by molar-refractivity contribution is -0.123. The fraction of sp³-hybridized carbons (Fsp3) is 0.471. The van der Waals surface area contributed by atoms with Crippen molar-refractivity contribution in [1.29, 1.82) is 0 Å². The van der Waals surface area contributed by atoms with E-state index in [0.29, 0.717) is 25.2 Å². The highest BCUT2D eigenvalue weighted by Crippen LogP contribution is 2.40. The van der Waals surface area contributed by atoms with Gasteiger partial charge >= 0.3 is 0 Å². The number of benzene rings is 1. The molecule has 0 radical (unpaired) electrons. The highest BCUT2D eigenvalue weighted by molar-refractivity contribution is 5.79. The fourth-order valence-electron chi connectivity index (χ4n) is 2.95. The topological polar surface area (TPSA) is 40.5 Å². The number of aliphatic hydroxyl groups is 1. The van der Waals surface area contributed by atoms with E-state index in [-0.39, 0.29) is 12.1 Å². The maximum atomic E-state index is 11.5. The van der Waals surface area contributed by atoms with Gasteiger partial charge in [-0.1, -0.05) is 30.3 Å². The summed E-state index contributed by atoms with van der Waals surface area (Å²) in [4.78, 5) is 13.7. The fourth-order valence-corrected chi connectivity index (χ4v) is 2.95. The van der Waals surface area contributed by atoms with Crippen molar-refractivity contribution in [2.45, 2.75) is 31.2 Å². The number of hydrogen-bond acceptors (Lipinski definition) is 3. The maximum absolute atomic E-state index is 11.5. The summed E-state index contributed by atoms with van der Waals surface area (Å²) < 4.78 is 0. The summed E-state index contributed by atoms with van der Waals surface area (Å²) >= 11 is 0. The Morgan fingerprint density at radius 3 is 2.25 bits per heavy atom. The molecule has 2 rings (SSSR count). The van der Waals surface area contributed by atoms with E-state index in [0.717, 1.165) is 12.8 Å². The quantitative estimate of drug-likeness (QED) is 0.859. The van der Waals surface area contributed by atoms with E-state index in [1.54, 1.807) is 0 Å². The normalized spacial score (nSPS) is 17.4. The van der Waals surface area contributed by atoms with Crippen LogP contribution in [0.5, 0.6) is 0 Å². The second-order valence-corrected chi connectivity index (χ2v) is 5.08. The lowest BCUT2D eigenvalue weighted by Gasteiger charge is -2.44. The van der Waals surface area contributed by atoms with E-state index in [2.05, 4.69) is 30.2 Å². The number of aliphatic hydroxyl groups excluding tert-OH is 1. The van der Waals surface area contributed by atoms with Gasteiger partial charge in [-0.05, 0) is 25.5 Å². The second kappa shape index (κ2) is 7.98. The Morgan fingerprint density at radius 1 is 1.20 bits per heavy atom. The molecule has 1 fully saturated rings. The molecule has 1 saturated carbocycles. The van der Waals surface area contributed by atoms with Crippen molar-refractivity contribution >= 4 is 5.78 Å². The Labute approximate surface area is 121 Å². The molecule has 0 aromatic heterocycles. The SMILES string of the molecule is C=C.CN(CCO)C1(c2ccccc2)CCC(=O)CC1. The number of nitrogens with zero attached hydrogens (tertiary/aromatic N) is 1. The molecule has 0 amide bonds. The van der Waals surface area contributed by atoms with Crippen LogP contribution in [0.4, 0.5) is 0 Å². The van der Waals surface area contributed by atoms with Gasteiger partial charge in [-0.25, -0.2) is 0 Å². The molecule has 110 valence electrons. The van der Waals surface area contributed by atoms with Crippen molar-refractivity contribution in [3.63, 3.8) is 0 Å². The molecule has 0 bridgehead atoms. The minimum Gasteiger partial charge on any atom is -0.395 e. The molecule has 1 aliphatic rings. The maximum Gasteiger partial charge on any atom is 0.133 e. The molecule has 0 aliphatic heterocycles. The molecule has 1 aromatic carbocycles. The van der Waals surface area contributed by atoms with Crippen molar-refractivity contribution in [2.75, 3.05) is 20.2 Å². The van der Waals surface area contributed by atoms with Crippen LogP contribution >= 0.6 is 0 Å². The van der Waals surface area contributed by atoms with Gasteiger partial charge in [0.1, 0.15) is 5.78 Å². The van der Waals surface area contributed by atoms with Gasteiger partial charge in [0, 0.05) is 24.9 Å². The van der Waals surface area contributed by atoms with E-state index in [4.69, 9.17) is 0 Å². The Balaban J connectivity index is 0.000000956. The van der Waals surface area contributed by atoms with Gasteiger partial charge in [-0.2, -0.15) is 0 Å². The molecule has 1 N–H and O–H groups in total. The van der Waals surface area contributed by atoms with E-state index < -0.39 is 0 Å². The first-order valence-electron chi connectivity index (χ1n) is 7.08. The predicted molar refractivity (Wildman–Crippen MR) is 82.6 cm³/mol. The summed E-state index contributed by atoms with van der Waals surface area (Å²) in [6, 6.07) is 10.4. The van der Waals surface area contributed by atoms with Crippen LogP contribution in [0.25, 0.3) is 0 Å². The summed E-state index contributed by atoms with van der Waals surface area (Å²) in [5, 5.41) is 9.17. The Morgan fingerprint density at radius 2 is 1.75 bits per heavy atom. The van der Waals surface area contributed by atoms with Gasteiger partial charge in [-0.15, -0.1) is 13.2 Å². The lowest BCUT2D eigenvalue weighted by atomic mass is 9.75. The van der Waals surface area contributed by atoms with Gasteiger partial charge in [0.2, 0.25) is 0 Å². The van der Waals surface area contributed by atoms with E-state index in [1.165, 1.54) is 5.56 Å². The van der Waals surface area contributed by atoms with Crippen LogP contribution in [0, 0.1) is 0 Å². The van der Waals surface area contributed by atoms with Gasteiger partial charge < -0.3 is 5.11 Å². The summed E-state index contributed by atoms with van der Waals surface area (Å²) in [6.45, 7) is 6.79. The van der Waals surface area contributed by atoms with Crippen LogP contribution in [0.15, 0.2) is 43.5 Å². The van der Waals surface area contributed by atoms with Gasteiger partial charge in [0.25, 0.3) is 0 Å². The third-order valence-corrected chi connectivity index (χ3v) is 4.11. The predicted octanol–water partition coefficient (Wildman–Crippen LogP) is 2.75. The second-order valence-electron chi connectivity index (χ2n) is 5.08. The highest BCUT2D eigenvalue weighted by atomic mass is 16.3. The molecule has 1 aromatic rings. The monoisotopic (exact) mass is 275 g/mol. The zero-order valence-corrected chi connectivity index (χ0v) is 12.3. The minimum atomic E-state index is -0.0854. The molecule has 3 nitrogen and oxygen atoms in total. The van der Waals surface area contributed by atoms with Crippen LogP contribution in [-0.4, -0.2) is 36.0 Å². The first kappa shape index (κ1) is 16.6. The molecule has 0 atom stereocenters.